The summed E-state index contributed by atoms with van der Waals surface area (Å²) in [5.74, 6) is 0. The first-order valence-electron chi connectivity index (χ1n) is 4.40. The minimum Gasteiger partial charge on any atom is -0.391 e. The molecule has 2 nitrogen and oxygen atoms in total. The third-order valence-electron chi connectivity index (χ3n) is 1.08. The SMILES string of the molecule is CC(C)(C)O.NCc1ccccc1. The minimum atomic E-state index is -0.500. The molecule has 0 saturated heterocycles. The summed E-state index contributed by atoms with van der Waals surface area (Å²) in [5, 5.41) is 8.52. The van der Waals surface area contributed by atoms with Gasteiger partial charge in [-0.25, -0.2) is 0 Å². The van der Waals surface area contributed by atoms with Crippen LogP contribution in [0.1, 0.15) is 26.3 Å². The Morgan fingerprint density at radius 2 is 1.54 bits per heavy atom. The molecule has 0 aliphatic heterocycles. The van der Waals surface area contributed by atoms with Crippen molar-refractivity contribution in [2.75, 3.05) is 0 Å². The highest BCUT2D eigenvalue weighted by atomic mass is 16.3. The van der Waals surface area contributed by atoms with E-state index in [1.165, 1.54) is 5.56 Å². The molecule has 0 aliphatic rings. The highest BCUT2D eigenvalue weighted by Crippen LogP contribution is 1.94. The molecule has 3 N–H and O–H groups in total. The second-order valence-corrected chi connectivity index (χ2v) is 3.86. The number of nitrogens with two attached hydrogens (primary N) is 1. The maximum absolute atomic E-state index is 8.52. The van der Waals surface area contributed by atoms with Gasteiger partial charge in [0.25, 0.3) is 0 Å². The molecule has 1 rings (SSSR count). The molecule has 0 aromatic heterocycles. The quantitative estimate of drug-likeness (QED) is 0.695. The van der Waals surface area contributed by atoms with Crippen molar-refractivity contribution in [3.8, 4) is 0 Å². The third kappa shape index (κ3) is 11.1. The van der Waals surface area contributed by atoms with Crippen LogP contribution in [-0.2, 0) is 6.54 Å². The van der Waals surface area contributed by atoms with Crippen LogP contribution < -0.4 is 5.73 Å². The first-order valence-corrected chi connectivity index (χ1v) is 4.40. The van der Waals surface area contributed by atoms with E-state index in [2.05, 4.69) is 0 Å². The van der Waals surface area contributed by atoms with Crippen molar-refractivity contribution in [3.63, 3.8) is 0 Å². The van der Waals surface area contributed by atoms with Gasteiger partial charge in [-0.15, -0.1) is 0 Å². The highest BCUT2D eigenvalue weighted by Gasteiger charge is 1.97. The number of rotatable bonds is 1. The van der Waals surface area contributed by atoms with Gasteiger partial charge in [-0.3, -0.25) is 0 Å². The van der Waals surface area contributed by atoms with Crippen molar-refractivity contribution < 1.29 is 5.11 Å². The topological polar surface area (TPSA) is 46.2 Å². The van der Waals surface area contributed by atoms with E-state index in [0.29, 0.717) is 6.54 Å². The van der Waals surface area contributed by atoms with Gasteiger partial charge in [0.05, 0.1) is 5.60 Å². The van der Waals surface area contributed by atoms with Crippen LogP contribution in [0.15, 0.2) is 30.3 Å². The van der Waals surface area contributed by atoms with Gasteiger partial charge in [-0.1, -0.05) is 30.3 Å². The Hall–Kier alpha value is -0.860. The maximum Gasteiger partial charge on any atom is 0.0563 e. The normalized spacial score (nSPS) is 10.2. The molecule has 0 aliphatic carbocycles. The summed E-state index contributed by atoms with van der Waals surface area (Å²) in [6.45, 7) is 5.87. The van der Waals surface area contributed by atoms with E-state index < -0.39 is 5.60 Å². The standard InChI is InChI=1S/C7H9N.C4H10O/c8-6-7-4-2-1-3-5-7;1-4(2,3)5/h1-5H,6,8H2;5H,1-3H3. The Kier molecular flexibility index (Phi) is 5.35. The summed E-state index contributed by atoms with van der Waals surface area (Å²) in [5.41, 5.74) is 6.04. The summed E-state index contributed by atoms with van der Waals surface area (Å²) in [6.07, 6.45) is 0. The van der Waals surface area contributed by atoms with Gasteiger partial charge in [0.15, 0.2) is 0 Å². The Morgan fingerprint density at radius 3 is 1.77 bits per heavy atom. The summed E-state index contributed by atoms with van der Waals surface area (Å²) in [6, 6.07) is 9.99. The van der Waals surface area contributed by atoms with Crippen molar-refractivity contribution in [2.45, 2.75) is 32.9 Å². The van der Waals surface area contributed by atoms with Crippen molar-refractivity contribution in [1.82, 2.24) is 0 Å². The summed E-state index contributed by atoms with van der Waals surface area (Å²) in [7, 11) is 0. The molecule has 0 saturated carbocycles. The Labute approximate surface area is 80.4 Å². The molecule has 13 heavy (non-hydrogen) atoms. The molecule has 0 unspecified atom stereocenters. The van der Waals surface area contributed by atoms with E-state index >= 15 is 0 Å². The van der Waals surface area contributed by atoms with Crippen LogP contribution in [0.5, 0.6) is 0 Å². The lowest BCUT2D eigenvalue weighted by Crippen LogP contribution is -2.10. The number of benzene rings is 1. The maximum atomic E-state index is 8.52. The van der Waals surface area contributed by atoms with Crippen LogP contribution in [0, 0.1) is 0 Å². The molecular formula is C11H19NO. The van der Waals surface area contributed by atoms with Crippen LogP contribution >= 0.6 is 0 Å². The van der Waals surface area contributed by atoms with Gasteiger partial charge >= 0.3 is 0 Å². The van der Waals surface area contributed by atoms with E-state index in [9.17, 15) is 0 Å². The summed E-state index contributed by atoms with van der Waals surface area (Å²) >= 11 is 0. The molecular weight excluding hydrogens is 162 g/mol. The van der Waals surface area contributed by atoms with Gasteiger partial charge in [-0.2, -0.15) is 0 Å². The molecule has 0 amide bonds. The lowest BCUT2D eigenvalue weighted by atomic mass is 10.2. The van der Waals surface area contributed by atoms with Crippen LogP contribution in [0.25, 0.3) is 0 Å². The molecule has 0 bridgehead atoms. The molecule has 0 radical (unpaired) electrons. The predicted octanol–water partition coefficient (Wildman–Crippen LogP) is 1.92. The molecule has 0 heterocycles. The van der Waals surface area contributed by atoms with Crippen molar-refractivity contribution >= 4 is 0 Å². The fraction of sp³-hybridized carbons (Fsp3) is 0.455. The third-order valence-corrected chi connectivity index (χ3v) is 1.08. The second-order valence-electron chi connectivity index (χ2n) is 3.86. The van der Waals surface area contributed by atoms with Crippen molar-refractivity contribution in [1.29, 1.82) is 0 Å². The summed E-state index contributed by atoms with van der Waals surface area (Å²) < 4.78 is 0. The van der Waals surface area contributed by atoms with Crippen molar-refractivity contribution in [2.24, 2.45) is 5.73 Å². The fourth-order valence-corrected chi connectivity index (χ4v) is 0.614. The average molecular weight is 181 g/mol. The predicted molar refractivity (Wildman–Crippen MR) is 56.3 cm³/mol. The Bertz CT molecular complexity index is 207. The first kappa shape index (κ1) is 12.1. The Morgan fingerprint density at radius 1 is 1.15 bits per heavy atom. The monoisotopic (exact) mass is 181 g/mol. The Balaban J connectivity index is 0.000000252. The van der Waals surface area contributed by atoms with Crippen LogP contribution in [-0.4, -0.2) is 10.7 Å². The molecule has 0 spiro atoms. The molecule has 74 valence electrons. The first-order chi connectivity index (χ1) is 5.93. The van der Waals surface area contributed by atoms with E-state index in [4.69, 9.17) is 10.8 Å². The lowest BCUT2D eigenvalue weighted by molar-refractivity contribution is 0.102. The zero-order valence-corrected chi connectivity index (χ0v) is 8.62. The second kappa shape index (κ2) is 5.73. The number of hydrogen-bond donors (Lipinski definition) is 2. The van der Waals surface area contributed by atoms with E-state index in [1.807, 2.05) is 30.3 Å². The summed E-state index contributed by atoms with van der Waals surface area (Å²) in [4.78, 5) is 0. The van der Waals surface area contributed by atoms with Gasteiger partial charge in [0.1, 0.15) is 0 Å². The fourth-order valence-electron chi connectivity index (χ4n) is 0.614. The molecule has 1 aromatic rings. The molecule has 1 aromatic carbocycles. The smallest absolute Gasteiger partial charge is 0.0563 e. The van der Waals surface area contributed by atoms with E-state index in [1.54, 1.807) is 20.8 Å². The zero-order chi connectivity index (χ0) is 10.3. The minimum absolute atomic E-state index is 0.500. The number of aliphatic hydroxyl groups is 1. The number of hydrogen-bond acceptors (Lipinski definition) is 2. The van der Waals surface area contributed by atoms with Crippen LogP contribution in [0.4, 0.5) is 0 Å². The van der Waals surface area contributed by atoms with Crippen LogP contribution in [0.2, 0.25) is 0 Å². The van der Waals surface area contributed by atoms with Crippen LogP contribution in [0.3, 0.4) is 0 Å². The van der Waals surface area contributed by atoms with Gasteiger partial charge in [0, 0.05) is 6.54 Å². The van der Waals surface area contributed by atoms with Gasteiger partial charge < -0.3 is 10.8 Å². The molecule has 0 atom stereocenters. The lowest BCUT2D eigenvalue weighted by Gasteiger charge is -2.04. The largest absolute Gasteiger partial charge is 0.391 e. The van der Waals surface area contributed by atoms with Gasteiger partial charge in [0.2, 0.25) is 0 Å². The van der Waals surface area contributed by atoms with Crippen molar-refractivity contribution in [3.05, 3.63) is 35.9 Å². The molecule has 0 fully saturated rings. The highest BCUT2D eigenvalue weighted by molar-refractivity contribution is 5.13. The van der Waals surface area contributed by atoms with Gasteiger partial charge in [-0.05, 0) is 26.3 Å². The zero-order valence-electron chi connectivity index (χ0n) is 8.62. The van der Waals surface area contributed by atoms with E-state index in [0.717, 1.165) is 0 Å². The van der Waals surface area contributed by atoms with E-state index in [-0.39, 0.29) is 0 Å². The average Bonchev–Trinajstić information content (AvgIpc) is 2.03. The molecule has 2 heteroatoms.